The predicted molar refractivity (Wildman–Crippen MR) is 109 cm³/mol. The second kappa shape index (κ2) is 9.52. The number of hydrogen-bond donors (Lipinski definition) is 1. The molecule has 0 aliphatic heterocycles. The average molecular weight is 365 g/mol. The second-order valence-electron chi connectivity index (χ2n) is 5.52. The molecule has 0 aromatic heterocycles. The molecule has 0 spiro atoms. The maximum absolute atomic E-state index is 10.4. The third-order valence-electron chi connectivity index (χ3n) is 3.62. The topological polar surface area (TPSA) is 20.2 Å². The number of aliphatic hydroxyl groups is 1. The first kappa shape index (κ1) is 17.9. The molecule has 1 atom stereocenters. The first-order valence-electron chi connectivity index (χ1n) is 8.20. The predicted octanol–water partition coefficient (Wildman–Crippen LogP) is 6.54. The van der Waals surface area contributed by atoms with Crippen molar-refractivity contribution in [3.05, 3.63) is 107 Å². The van der Waals surface area contributed by atoms with E-state index in [4.69, 9.17) is 0 Å². The number of aliphatic hydroxyl groups excluding tert-OH is 1. The van der Waals surface area contributed by atoms with Crippen molar-refractivity contribution in [2.75, 3.05) is 0 Å². The fraction of sp³-hybridized carbons (Fsp3) is 0.0909. The van der Waals surface area contributed by atoms with E-state index in [0.29, 0.717) is 6.42 Å². The van der Waals surface area contributed by atoms with Gasteiger partial charge in [-0.05, 0) is 36.2 Å². The summed E-state index contributed by atoms with van der Waals surface area (Å²) in [5, 5.41) is 10.4. The van der Waals surface area contributed by atoms with E-state index in [1.54, 1.807) is 23.5 Å². The van der Waals surface area contributed by atoms with E-state index in [0.717, 1.165) is 5.56 Å². The van der Waals surface area contributed by atoms with Gasteiger partial charge >= 0.3 is 0 Å². The summed E-state index contributed by atoms with van der Waals surface area (Å²) in [6.07, 6.45) is 2.25. The smallest absolute Gasteiger partial charge is 0.0825 e. The Morgan fingerprint density at radius 2 is 1.16 bits per heavy atom. The molecule has 0 radical (unpaired) electrons. The lowest BCUT2D eigenvalue weighted by atomic mass is 10.1. The molecule has 0 aliphatic carbocycles. The van der Waals surface area contributed by atoms with Crippen LogP contribution in [0.3, 0.4) is 0 Å². The molecule has 3 heteroatoms. The molecule has 0 amide bonds. The van der Waals surface area contributed by atoms with Crippen LogP contribution in [-0.4, -0.2) is 5.11 Å². The van der Waals surface area contributed by atoms with Gasteiger partial charge in [0.15, 0.2) is 0 Å². The Morgan fingerprint density at radius 1 is 0.720 bits per heavy atom. The van der Waals surface area contributed by atoms with Crippen molar-refractivity contribution in [2.24, 2.45) is 0 Å². The molecule has 0 fully saturated rings. The van der Waals surface area contributed by atoms with E-state index < -0.39 is 6.10 Å². The molecule has 0 aliphatic rings. The summed E-state index contributed by atoms with van der Waals surface area (Å²) in [4.78, 5) is 2.40. The highest BCUT2D eigenvalue weighted by atomic mass is 32.2. The Bertz CT molecular complexity index is 743. The Morgan fingerprint density at radius 3 is 1.64 bits per heavy atom. The summed E-state index contributed by atoms with van der Waals surface area (Å²) < 4.78 is 1.17. The molecule has 1 N–H and O–H groups in total. The van der Waals surface area contributed by atoms with Crippen molar-refractivity contribution in [1.29, 1.82) is 0 Å². The average Bonchev–Trinajstić information content (AvgIpc) is 2.68. The van der Waals surface area contributed by atoms with Crippen molar-refractivity contribution < 1.29 is 5.11 Å². The van der Waals surface area contributed by atoms with E-state index in [-0.39, 0.29) is 0 Å². The number of thioether (sulfide) groups is 2. The third kappa shape index (κ3) is 5.82. The van der Waals surface area contributed by atoms with E-state index in [1.165, 1.54) is 14.0 Å². The number of rotatable bonds is 7. The molecule has 1 nitrogen and oxygen atoms in total. The van der Waals surface area contributed by atoms with E-state index in [9.17, 15) is 5.11 Å². The molecule has 126 valence electrons. The molecule has 3 aromatic carbocycles. The van der Waals surface area contributed by atoms with Crippen molar-refractivity contribution in [1.82, 2.24) is 0 Å². The Labute approximate surface area is 157 Å². The zero-order valence-corrected chi connectivity index (χ0v) is 15.4. The standard InChI is InChI=1S/C22H20OS2/c23-21(18-10-4-1-5-11-18)16-17-22(24-19-12-6-2-7-13-19)25-20-14-8-3-9-15-20/h1-15,17,21,23H,16H2/t21-/m1/s1. The number of hydrogen-bond acceptors (Lipinski definition) is 3. The van der Waals surface area contributed by atoms with Crippen LogP contribution in [0.25, 0.3) is 0 Å². The van der Waals surface area contributed by atoms with Crippen LogP contribution in [0.15, 0.2) is 111 Å². The van der Waals surface area contributed by atoms with Gasteiger partial charge in [0.2, 0.25) is 0 Å². The molecule has 0 unspecified atom stereocenters. The lowest BCUT2D eigenvalue weighted by Gasteiger charge is -2.11. The molecule has 25 heavy (non-hydrogen) atoms. The first-order chi connectivity index (χ1) is 12.3. The van der Waals surface area contributed by atoms with Gasteiger partial charge in [0.25, 0.3) is 0 Å². The minimum absolute atomic E-state index is 0.482. The van der Waals surface area contributed by atoms with Gasteiger partial charge in [-0.1, -0.05) is 96.3 Å². The largest absolute Gasteiger partial charge is 0.388 e. The fourth-order valence-corrected chi connectivity index (χ4v) is 4.49. The SMILES string of the molecule is O[C@H](CC=C(Sc1ccccc1)Sc1ccccc1)c1ccccc1. The maximum atomic E-state index is 10.4. The Balaban J connectivity index is 1.75. The summed E-state index contributed by atoms with van der Waals surface area (Å²) in [6.45, 7) is 0. The minimum Gasteiger partial charge on any atom is -0.388 e. The van der Waals surface area contributed by atoms with Gasteiger partial charge in [0.05, 0.1) is 6.10 Å². The highest BCUT2D eigenvalue weighted by Crippen LogP contribution is 2.39. The van der Waals surface area contributed by atoms with Crippen LogP contribution in [0.1, 0.15) is 18.1 Å². The summed E-state index contributed by atoms with van der Waals surface area (Å²) in [7, 11) is 0. The van der Waals surface area contributed by atoms with Crippen LogP contribution in [0.5, 0.6) is 0 Å². The van der Waals surface area contributed by atoms with Gasteiger partial charge in [0.1, 0.15) is 0 Å². The molecule has 3 rings (SSSR count). The van der Waals surface area contributed by atoms with Gasteiger partial charge in [0, 0.05) is 14.0 Å². The molecule has 0 saturated carbocycles. The van der Waals surface area contributed by atoms with Gasteiger partial charge in [-0.3, -0.25) is 0 Å². The summed E-state index contributed by atoms with van der Waals surface area (Å²) in [5.74, 6) is 0. The van der Waals surface area contributed by atoms with Crippen LogP contribution in [0, 0.1) is 0 Å². The molecule has 0 bridgehead atoms. The van der Waals surface area contributed by atoms with Crippen LogP contribution in [0.4, 0.5) is 0 Å². The molecular weight excluding hydrogens is 344 g/mol. The molecule has 3 aromatic rings. The lowest BCUT2D eigenvalue weighted by Crippen LogP contribution is -1.95. The minimum atomic E-state index is -0.482. The Kier molecular flexibility index (Phi) is 6.80. The van der Waals surface area contributed by atoms with E-state index in [2.05, 4.69) is 30.3 Å². The van der Waals surface area contributed by atoms with Crippen LogP contribution in [0.2, 0.25) is 0 Å². The second-order valence-corrected chi connectivity index (χ2v) is 8.00. The summed E-state index contributed by atoms with van der Waals surface area (Å²) >= 11 is 3.47. The van der Waals surface area contributed by atoms with Crippen molar-refractivity contribution in [3.8, 4) is 0 Å². The van der Waals surface area contributed by atoms with Gasteiger partial charge in [-0.15, -0.1) is 0 Å². The Hall–Kier alpha value is -1.94. The highest BCUT2D eigenvalue weighted by molar-refractivity contribution is 8.22. The van der Waals surface area contributed by atoms with E-state index in [1.807, 2.05) is 66.7 Å². The van der Waals surface area contributed by atoms with Crippen molar-refractivity contribution >= 4 is 23.5 Å². The molecular formula is C22H20OS2. The van der Waals surface area contributed by atoms with Crippen molar-refractivity contribution in [3.63, 3.8) is 0 Å². The zero-order chi connectivity index (χ0) is 17.3. The number of benzene rings is 3. The fourth-order valence-electron chi connectivity index (χ4n) is 2.33. The van der Waals surface area contributed by atoms with Gasteiger partial charge in [-0.2, -0.15) is 0 Å². The van der Waals surface area contributed by atoms with E-state index >= 15 is 0 Å². The van der Waals surface area contributed by atoms with Crippen LogP contribution in [-0.2, 0) is 0 Å². The zero-order valence-electron chi connectivity index (χ0n) is 13.8. The van der Waals surface area contributed by atoms with Gasteiger partial charge in [-0.25, -0.2) is 0 Å². The summed E-state index contributed by atoms with van der Waals surface area (Å²) in [6, 6.07) is 30.5. The molecule has 0 heterocycles. The first-order valence-corrected chi connectivity index (χ1v) is 9.83. The highest BCUT2D eigenvalue weighted by Gasteiger charge is 2.08. The normalized spacial score (nSPS) is 11.7. The maximum Gasteiger partial charge on any atom is 0.0825 e. The van der Waals surface area contributed by atoms with Crippen LogP contribution < -0.4 is 0 Å². The monoisotopic (exact) mass is 364 g/mol. The quantitative estimate of drug-likeness (QED) is 0.481. The molecule has 0 saturated heterocycles. The third-order valence-corrected chi connectivity index (χ3v) is 5.87. The lowest BCUT2D eigenvalue weighted by molar-refractivity contribution is 0.181. The van der Waals surface area contributed by atoms with Crippen LogP contribution >= 0.6 is 23.5 Å². The van der Waals surface area contributed by atoms with Gasteiger partial charge < -0.3 is 5.11 Å². The van der Waals surface area contributed by atoms with Crippen molar-refractivity contribution in [2.45, 2.75) is 22.3 Å². The summed E-state index contributed by atoms with van der Waals surface area (Å²) in [5.41, 5.74) is 0.951.